The maximum atomic E-state index is 13.6. The molecule has 0 saturated heterocycles. The van der Waals surface area contributed by atoms with Crippen LogP contribution in [0, 0.1) is 11.6 Å². The van der Waals surface area contributed by atoms with Gasteiger partial charge in [0, 0.05) is 36.8 Å². The van der Waals surface area contributed by atoms with E-state index in [4.69, 9.17) is 0 Å². The van der Waals surface area contributed by atoms with Crippen LogP contribution >= 0.6 is 11.3 Å². The van der Waals surface area contributed by atoms with Gasteiger partial charge in [-0.2, -0.15) is 5.10 Å². The Labute approximate surface area is 140 Å². The molecule has 0 radical (unpaired) electrons. The van der Waals surface area contributed by atoms with Crippen molar-refractivity contribution in [2.75, 3.05) is 6.54 Å². The van der Waals surface area contributed by atoms with Crippen molar-refractivity contribution in [1.82, 2.24) is 19.5 Å². The van der Waals surface area contributed by atoms with Gasteiger partial charge in [-0.25, -0.2) is 31.6 Å². The number of nitrogens with one attached hydrogen (secondary N) is 1. The topological polar surface area (TPSA) is 76.9 Å². The number of aromatic nitrogens is 3. The van der Waals surface area contributed by atoms with Crippen LogP contribution in [0.1, 0.15) is 5.69 Å². The average molecular weight is 370 g/mol. The van der Waals surface area contributed by atoms with Crippen molar-refractivity contribution in [3.8, 4) is 5.13 Å². The highest BCUT2D eigenvalue weighted by Crippen LogP contribution is 2.16. The van der Waals surface area contributed by atoms with Crippen LogP contribution in [-0.2, 0) is 16.4 Å². The molecule has 126 valence electrons. The summed E-state index contributed by atoms with van der Waals surface area (Å²) in [6.07, 6.45) is 3.72. The Morgan fingerprint density at radius 1 is 1.29 bits per heavy atom. The summed E-state index contributed by atoms with van der Waals surface area (Å²) >= 11 is 1.38. The lowest BCUT2D eigenvalue weighted by atomic mass is 10.3. The van der Waals surface area contributed by atoms with Crippen molar-refractivity contribution >= 4 is 21.4 Å². The van der Waals surface area contributed by atoms with Gasteiger partial charge in [0.15, 0.2) is 0 Å². The van der Waals surface area contributed by atoms with Gasteiger partial charge in [0.2, 0.25) is 15.2 Å². The molecular weight excluding hydrogens is 358 g/mol. The summed E-state index contributed by atoms with van der Waals surface area (Å²) < 4.78 is 54.4. The van der Waals surface area contributed by atoms with Crippen LogP contribution in [0.5, 0.6) is 0 Å². The average Bonchev–Trinajstić information content (AvgIpc) is 3.17. The lowest BCUT2D eigenvalue weighted by molar-refractivity contribution is 0.543. The molecule has 0 spiro atoms. The number of benzene rings is 1. The molecule has 0 atom stereocenters. The highest BCUT2D eigenvalue weighted by molar-refractivity contribution is 7.89. The summed E-state index contributed by atoms with van der Waals surface area (Å²) in [5.41, 5.74) is 0.688. The highest BCUT2D eigenvalue weighted by atomic mass is 32.2. The lowest BCUT2D eigenvalue weighted by Crippen LogP contribution is -2.27. The van der Waals surface area contributed by atoms with E-state index in [0.717, 1.165) is 12.1 Å². The third-order valence-electron chi connectivity index (χ3n) is 3.10. The smallest absolute Gasteiger partial charge is 0.223 e. The zero-order chi connectivity index (χ0) is 17.2. The van der Waals surface area contributed by atoms with Gasteiger partial charge in [0.25, 0.3) is 0 Å². The summed E-state index contributed by atoms with van der Waals surface area (Å²) in [5.74, 6) is -1.96. The van der Waals surface area contributed by atoms with Crippen molar-refractivity contribution in [1.29, 1.82) is 0 Å². The molecule has 0 aliphatic heterocycles. The van der Waals surface area contributed by atoms with Gasteiger partial charge in [-0.1, -0.05) is 0 Å². The van der Waals surface area contributed by atoms with E-state index in [9.17, 15) is 17.2 Å². The Bertz CT molecular complexity index is 940. The monoisotopic (exact) mass is 370 g/mol. The largest absolute Gasteiger partial charge is 0.243 e. The summed E-state index contributed by atoms with van der Waals surface area (Å²) in [4.78, 5) is 3.75. The molecule has 2 aromatic heterocycles. The Hall–Kier alpha value is -2.17. The molecule has 3 rings (SSSR count). The van der Waals surface area contributed by atoms with Crippen LogP contribution in [-0.4, -0.2) is 29.7 Å². The minimum absolute atomic E-state index is 0.0431. The molecule has 0 aliphatic rings. The standard InChI is InChI=1S/C14H12F2N4O2S2/c15-10-2-3-13(12(16)8-10)24(21,22)18-6-4-11-9-23-14(19-11)20-7-1-5-17-20/h1-3,5,7-9,18H,4,6H2. The Morgan fingerprint density at radius 2 is 2.12 bits per heavy atom. The van der Waals surface area contributed by atoms with E-state index in [1.54, 1.807) is 28.5 Å². The number of hydrogen-bond acceptors (Lipinski definition) is 5. The molecule has 1 aromatic carbocycles. The third-order valence-corrected chi connectivity index (χ3v) is 5.47. The summed E-state index contributed by atoms with van der Waals surface area (Å²) in [5, 5.41) is 6.52. The normalized spacial score (nSPS) is 11.8. The lowest BCUT2D eigenvalue weighted by Gasteiger charge is -2.07. The summed E-state index contributed by atoms with van der Waals surface area (Å²) in [6.45, 7) is 0.0431. The first-order valence-corrected chi connectivity index (χ1v) is 9.21. The van der Waals surface area contributed by atoms with Gasteiger partial charge in [0.1, 0.15) is 16.5 Å². The first kappa shape index (κ1) is 16.7. The highest BCUT2D eigenvalue weighted by Gasteiger charge is 2.19. The third kappa shape index (κ3) is 3.66. The number of thiazole rings is 1. The van der Waals surface area contributed by atoms with E-state index in [2.05, 4.69) is 14.8 Å². The SMILES string of the molecule is O=S(=O)(NCCc1csc(-n2cccn2)n1)c1ccc(F)cc1F. The van der Waals surface area contributed by atoms with E-state index >= 15 is 0 Å². The van der Waals surface area contributed by atoms with Crippen molar-refractivity contribution in [3.63, 3.8) is 0 Å². The molecule has 0 unspecified atom stereocenters. The minimum atomic E-state index is -4.05. The molecule has 6 nitrogen and oxygen atoms in total. The molecule has 0 aliphatic carbocycles. The maximum Gasteiger partial charge on any atom is 0.243 e. The van der Waals surface area contributed by atoms with Crippen LogP contribution in [0.3, 0.4) is 0 Å². The van der Waals surface area contributed by atoms with Gasteiger partial charge >= 0.3 is 0 Å². The predicted octanol–water partition coefficient (Wildman–Crippen LogP) is 2.13. The van der Waals surface area contributed by atoms with Gasteiger partial charge in [0.05, 0.1) is 5.69 Å². The molecule has 3 aromatic rings. The second-order valence-electron chi connectivity index (χ2n) is 4.79. The van der Waals surface area contributed by atoms with Crippen molar-refractivity contribution < 1.29 is 17.2 Å². The van der Waals surface area contributed by atoms with Crippen molar-refractivity contribution in [2.45, 2.75) is 11.3 Å². The number of nitrogens with zero attached hydrogens (tertiary/aromatic N) is 3. The molecule has 0 saturated carbocycles. The van der Waals surface area contributed by atoms with Crippen LogP contribution in [0.15, 0.2) is 46.9 Å². The van der Waals surface area contributed by atoms with E-state index in [0.29, 0.717) is 23.3 Å². The minimum Gasteiger partial charge on any atom is -0.223 e. The summed E-state index contributed by atoms with van der Waals surface area (Å²) in [7, 11) is -4.05. The summed E-state index contributed by atoms with van der Waals surface area (Å²) in [6, 6.07) is 4.10. The van der Waals surface area contributed by atoms with E-state index in [1.165, 1.54) is 11.3 Å². The molecule has 24 heavy (non-hydrogen) atoms. The van der Waals surface area contributed by atoms with E-state index in [-0.39, 0.29) is 6.54 Å². The van der Waals surface area contributed by atoms with E-state index in [1.807, 2.05) is 0 Å². The number of halogens is 2. The quantitative estimate of drug-likeness (QED) is 0.721. The zero-order valence-corrected chi connectivity index (χ0v) is 13.8. The molecule has 1 N–H and O–H groups in total. The predicted molar refractivity (Wildman–Crippen MR) is 84.5 cm³/mol. The van der Waals surface area contributed by atoms with Crippen LogP contribution in [0.4, 0.5) is 8.78 Å². The fourth-order valence-electron chi connectivity index (χ4n) is 1.98. The number of hydrogen-bond donors (Lipinski definition) is 1. The Morgan fingerprint density at radius 3 is 2.83 bits per heavy atom. The maximum absolute atomic E-state index is 13.6. The van der Waals surface area contributed by atoms with E-state index < -0.39 is 26.6 Å². The molecule has 0 amide bonds. The van der Waals surface area contributed by atoms with Gasteiger partial charge in [-0.3, -0.25) is 0 Å². The van der Waals surface area contributed by atoms with Crippen LogP contribution < -0.4 is 4.72 Å². The molecule has 10 heteroatoms. The molecular formula is C14H12F2N4O2S2. The first-order chi connectivity index (χ1) is 11.5. The second kappa shape index (κ2) is 6.75. The molecule has 0 fully saturated rings. The second-order valence-corrected chi connectivity index (χ2v) is 7.37. The fraction of sp³-hybridized carbons (Fsp3) is 0.143. The number of rotatable bonds is 6. The van der Waals surface area contributed by atoms with Crippen molar-refractivity contribution in [2.24, 2.45) is 0 Å². The van der Waals surface area contributed by atoms with Crippen LogP contribution in [0.2, 0.25) is 0 Å². The van der Waals surface area contributed by atoms with Gasteiger partial charge in [-0.05, 0) is 18.2 Å². The number of sulfonamides is 1. The van der Waals surface area contributed by atoms with Crippen molar-refractivity contribution in [3.05, 3.63) is 59.4 Å². The van der Waals surface area contributed by atoms with Gasteiger partial charge < -0.3 is 0 Å². The Balaban J connectivity index is 1.63. The zero-order valence-electron chi connectivity index (χ0n) is 12.2. The van der Waals surface area contributed by atoms with Gasteiger partial charge in [-0.15, -0.1) is 11.3 Å². The van der Waals surface area contributed by atoms with Crippen LogP contribution in [0.25, 0.3) is 5.13 Å². The Kier molecular flexibility index (Phi) is 4.69. The molecule has 2 heterocycles. The fourth-order valence-corrected chi connectivity index (χ4v) is 3.87. The molecule has 0 bridgehead atoms. The first-order valence-electron chi connectivity index (χ1n) is 6.85.